The highest BCUT2D eigenvalue weighted by atomic mass is 15.2. The molecule has 4 nitrogen and oxygen atoms in total. The maximum absolute atomic E-state index is 4.14. The lowest BCUT2D eigenvalue weighted by Crippen LogP contribution is -1.83. The molecule has 0 saturated carbocycles. The summed E-state index contributed by atoms with van der Waals surface area (Å²) in [5, 5.41) is 17.9. The van der Waals surface area contributed by atoms with Crippen molar-refractivity contribution in [3.05, 3.63) is 24.3 Å². The first kappa shape index (κ1) is 6.37. The van der Waals surface area contributed by atoms with Crippen molar-refractivity contribution < 1.29 is 0 Å². The Kier molecular flexibility index (Phi) is 0.851. The monoisotopic (exact) mass is 182 g/mol. The molecule has 2 aromatic heterocycles. The normalized spacial score (nSPS) is 12.3. The van der Waals surface area contributed by atoms with Crippen LogP contribution in [-0.2, 0) is 0 Å². The zero-order valence-corrected chi connectivity index (χ0v) is 7.20. The molecule has 0 spiro atoms. The van der Waals surface area contributed by atoms with E-state index < -0.39 is 0 Å². The number of nitrogens with zero attached hydrogens (tertiary/aromatic N) is 2. The molecule has 14 heavy (non-hydrogen) atoms. The van der Waals surface area contributed by atoms with Gasteiger partial charge in [-0.25, -0.2) is 0 Å². The van der Waals surface area contributed by atoms with E-state index >= 15 is 0 Å². The Morgan fingerprint density at radius 2 is 1.79 bits per heavy atom. The zero-order valence-electron chi connectivity index (χ0n) is 7.20. The van der Waals surface area contributed by atoms with Gasteiger partial charge < -0.3 is 0 Å². The minimum absolute atomic E-state index is 0.823. The van der Waals surface area contributed by atoms with Gasteiger partial charge in [0.15, 0.2) is 5.65 Å². The minimum Gasteiger partial charge on any atom is -0.299 e. The van der Waals surface area contributed by atoms with Crippen molar-refractivity contribution in [1.82, 2.24) is 20.4 Å². The van der Waals surface area contributed by atoms with E-state index in [-0.39, 0.29) is 0 Å². The van der Waals surface area contributed by atoms with Crippen LogP contribution in [0, 0.1) is 0 Å². The van der Waals surface area contributed by atoms with Crippen LogP contribution in [0.4, 0.5) is 0 Å². The largest absolute Gasteiger partial charge is 0.299 e. The number of hydrogen-bond donors (Lipinski definition) is 2. The van der Waals surface area contributed by atoms with Crippen LogP contribution >= 0.6 is 0 Å². The third-order valence-corrected chi connectivity index (χ3v) is 2.72. The first-order valence-electron chi connectivity index (χ1n) is 4.47. The maximum Gasteiger partial charge on any atom is 0.177 e. The van der Waals surface area contributed by atoms with E-state index in [4.69, 9.17) is 0 Å². The fourth-order valence-corrected chi connectivity index (χ4v) is 2.09. The molecule has 0 saturated heterocycles. The minimum atomic E-state index is 0.823. The van der Waals surface area contributed by atoms with Crippen LogP contribution in [0.3, 0.4) is 0 Å². The Bertz CT molecular complexity index is 611. The molecule has 0 atom stereocenters. The van der Waals surface area contributed by atoms with Crippen LogP contribution in [0.1, 0.15) is 0 Å². The molecule has 0 unspecified atom stereocenters. The van der Waals surface area contributed by atoms with Gasteiger partial charge in [-0.15, -0.1) is 10.2 Å². The van der Waals surface area contributed by atoms with Crippen molar-refractivity contribution in [3.63, 3.8) is 0 Å². The van der Waals surface area contributed by atoms with Gasteiger partial charge in [0.25, 0.3) is 0 Å². The molecule has 4 aromatic rings. The molecule has 66 valence electrons. The Labute approximate surface area is 78.2 Å². The van der Waals surface area contributed by atoms with Crippen LogP contribution in [0.5, 0.6) is 0 Å². The maximum atomic E-state index is 4.14. The van der Waals surface area contributed by atoms with Crippen molar-refractivity contribution >= 4 is 32.8 Å². The Morgan fingerprint density at radius 3 is 2.79 bits per heavy atom. The molecule has 2 aromatic carbocycles. The van der Waals surface area contributed by atoms with Crippen LogP contribution in [-0.4, -0.2) is 20.4 Å². The molecule has 4 heteroatoms. The molecule has 0 bridgehead atoms. The molecule has 0 aliphatic rings. The van der Waals surface area contributed by atoms with E-state index in [2.05, 4.69) is 38.6 Å². The molecular weight excluding hydrogens is 176 g/mol. The summed E-state index contributed by atoms with van der Waals surface area (Å²) in [5.41, 5.74) is 2.87. The molecular formula is C10H6N4. The quantitative estimate of drug-likeness (QED) is 0.437. The molecule has 4 rings (SSSR count). The van der Waals surface area contributed by atoms with Gasteiger partial charge in [0.1, 0.15) is 0 Å². The topological polar surface area (TPSA) is 57.4 Å². The van der Waals surface area contributed by atoms with Gasteiger partial charge in [0, 0.05) is 5.39 Å². The molecule has 0 fully saturated rings. The standard InChI is InChI=1S/C10H6N4/c1-3-6-8-5(1)2-4-7-9(8)10(13-11-6)14-12-7/h1-4H,(H2,12,13,14). The predicted molar refractivity (Wildman–Crippen MR) is 54.4 cm³/mol. The third-order valence-electron chi connectivity index (χ3n) is 2.72. The summed E-state index contributed by atoms with van der Waals surface area (Å²) in [6.07, 6.45) is 0. The van der Waals surface area contributed by atoms with Gasteiger partial charge in [-0.2, -0.15) is 0 Å². The summed E-state index contributed by atoms with van der Waals surface area (Å²) in [6, 6.07) is 8.23. The predicted octanol–water partition coefficient (Wildman–Crippen LogP) is 2.03. The van der Waals surface area contributed by atoms with E-state index in [0.717, 1.165) is 22.1 Å². The SMILES string of the molecule is c1cc2nnc3[nH][nH]c4ccc1c2c43. The number of aromatic amines is 2. The number of nitrogens with one attached hydrogen (secondary N) is 2. The van der Waals surface area contributed by atoms with Gasteiger partial charge in [-0.3, -0.25) is 10.2 Å². The number of rotatable bonds is 0. The van der Waals surface area contributed by atoms with Crippen molar-refractivity contribution in [2.45, 2.75) is 0 Å². The molecule has 2 N–H and O–H groups in total. The lowest BCUT2D eigenvalue weighted by Gasteiger charge is -1.95. The van der Waals surface area contributed by atoms with Crippen LogP contribution in [0.25, 0.3) is 32.8 Å². The summed E-state index contributed by atoms with van der Waals surface area (Å²) in [5.74, 6) is 0. The van der Waals surface area contributed by atoms with Crippen LogP contribution < -0.4 is 0 Å². The molecule has 2 heterocycles. The molecule has 0 amide bonds. The van der Waals surface area contributed by atoms with Crippen LogP contribution in [0.2, 0.25) is 0 Å². The molecule has 0 aliphatic carbocycles. The Hall–Kier alpha value is -2.10. The number of aromatic nitrogens is 4. The number of benzene rings is 1. The third kappa shape index (κ3) is 0.546. The average molecular weight is 182 g/mol. The van der Waals surface area contributed by atoms with E-state index in [1.54, 1.807) is 0 Å². The van der Waals surface area contributed by atoms with E-state index in [0.29, 0.717) is 0 Å². The summed E-state index contributed by atoms with van der Waals surface area (Å²) >= 11 is 0. The second-order valence-electron chi connectivity index (χ2n) is 3.47. The van der Waals surface area contributed by atoms with Gasteiger partial charge in [-0.05, 0) is 17.5 Å². The summed E-state index contributed by atoms with van der Waals surface area (Å²) in [7, 11) is 0. The van der Waals surface area contributed by atoms with E-state index in [1.165, 1.54) is 10.8 Å². The fourth-order valence-electron chi connectivity index (χ4n) is 2.09. The highest BCUT2D eigenvalue weighted by Crippen LogP contribution is 2.31. The van der Waals surface area contributed by atoms with Crippen LogP contribution in [0.15, 0.2) is 24.3 Å². The number of H-pyrrole nitrogens is 2. The van der Waals surface area contributed by atoms with Crippen molar-refractivity contribution in [3.8, 4) is 0 Å². The average Bonchev–Trinajstić information content (AvgIpc) is 2.77. The highest BCUT2D eigenvalue weighted by Gasteiger charge is 2.11. The first-order valence-corrected chi connectivity index (χ1v) is 4.47. The van der Waals surface area contributed by atoms with Gasteiger partial charge in [-0.1, -0.05) is 12.1 Å². The van der Waals surface area contributed by atoms with Crippen molar-refractivity contribution in [2.24, 2.45) is 0 Å². The van der Waals surface area contributed by atoms with Crippen molar-refractivity contribution in [1.29, 1.82) is 0 Å². The van der Waals surface area contributed by atoms with E-state index in [9.17, 15) is 0 Å². The smallest absolute Gasteiger partial charge is 0.177 e. The Balaban J connectivity index is 2.59. The molecule has 0 aliphatic heterocycles. The fraction of sp³-hybridized carbons (Fsp3) is 0. The first-order chi connectivity index (χ1) is 6.93. The molecule has 0 radical (unpaired) electrons. The summed E-state index contributed by atoms with van der Waals surface area (Å²) < 4.78 is 0. The van der Waals surface area contributed by atoms with E-state index in [1.807, 2.05) is 6.07 Å². The lowest BCUT2D eigenvalue weighted by atomic mass is 10.1. The Morgan fingerprint density at radius 1 is 0.857 bits per heavy atom. The van der Waals surface area contributed by atoms with Gasteiger partial charge in [0.05, 0.1) is 16.4 Å². The summed E-state index contributed by atoms with van der Waals surface area (Å²) in [6.45, 7) is 0. The van der Waals surface area contributed by atoms with Crippen molar-refractivity contribution in [2.75, 3.05) is 0 Å². The van der Waals surface area contributed by atoms with Gasteiger partial charge >= 0.3 is 0 Å². The highest BCUT2D eigenvalue weighted by molar-refractivity contribution is 6.20. The lowest BCUT2D eigenvalue weighted by molar-refractivity contribution is 1.05. The second kappa shape index (κ2) is 1.87. The second-order valence-corrected chi connectivity index (χ2v) is 3.47. The zero-order chi connectivity index (χ0) is 9.12. The van der Waals surface area contributed by atoms with Gasteiger partial charge in [0.2, 0.25) is 0 Å². The number of hydrogen-bond acceptors (Lipinski definition) is 2. The summed E-state index contributed by atoms with van der Waals surface area (Å²) in [4.78, 5) is 0.